The van der Waals surface area contributed by atoms with Crippen molar-refractivity contribution in [2.45, 2.75) is 20.4 Å². The van der Waals surface area contributed by atoms with Gasteiger partial charge in [0.05, 0.1) is 4.92 Å². The highest BCUT2D eigenvalue weighted by Crippen LogP contribution is 2.26. The van der Waals surface area contributed by atoms with Gasteiger partial charge in [-0.25, -0.2) is 0 Å². The Kier molecular flexibility index (Phi) is 4.39. The molecule has 0 aromatic heterocycles. The summed E-state index contributed by atoms with van der Waals surface area (Å²) in [5, 5.41) is 14.2. The van der Waals surface area contributed by atoms with E-state index in [0.29, 0.717) is 12.1 Å². The van der Waals surface area contributed by atoms with Crippen LogP contribution in [0.2, 0.25) is 0 Å². The predicted molar refractivity (Wildman–Crippen MR) is 84.0 cm³/mol. The van der Waals surface area contributed by atoms with E-state index in [4.69, 9.17) is 0 Å². The molecule has 2 aromatic rings. The zero-order valence-electron chi connectivity index (χ0n) is 11.3. The molecule has 0 heterocycles. The van der Waals surface area contributed by atoms with Gasteiger partial charge in [-0.1, -0.05) is 34.1 Å². The van der Waals surface area contributed by atoms with Crippen molar-refractivity contribution in [1.82, 2.24) is 0 Å². The second kappa shape index (κ2) is 6.05. The molecule has 0 bridgehead atoms. The van der Waals surface area contributed by atoms with Crippen molar-refractivity contribution < 1.29 is 4.92 Å². The molecule has 0 unspecified atom stereocenters. The Morgan fingerprint density at radius 1 is 1.25 bits per heavy atom. The molecule has 0 aliphatic rings. The molecular weight excluding hydrogens is 320 g/mol. The van der Waals surface area contributed by atoms with E-state index < -0.39 is 0 Å². The van der Waals surface area contributed by atoms with Gasteiger partial charge in [0.15, 0.2) is 0 Å². The predicted octanol–water partition coefficient (Wildman–Crippen LogP) is 4.59. The minimum absolute atomic E-state index is 0.137. The molecule has 0 fully saturated rings. The van der Waals surface area contributed by atoms with Crippen molar-refractivity contribution in [2.24, 2.45) is 0 Å². The van der Waals surface area contributed by atoms with Crippen LogP contribution in [0, 0.1) is 24.0 Å². The molecule has 0 radical (unpaired) electrons. The van der Waals surface area contributed by atoms with E-state index in [9.17, 15) is 10.1 Å². The van der Waals surface area contributed by atoms with Gasteiger partial charge in [-0.2, -0.15) is 0 Å². The van der Waals surface area contributed by atoms with Crippen LogP contribution in [0.5, 0.6) is 0 Å². The van der Waals surface area contributed by atoms with Crippen LogP contribution in [0.1, 0.15) is 16.7 Å². The van der Waals surface area contributed by atoms with Gasteiger partial charge in [-0.15, -0.1) is 0 Å². The van der Waals surface area contributed by atoms with Gasteiger partial charge in [0, 0.05) is 28.3 Å². The quantitative estimate of drug-likeness (QED) is 0.657. The third-order valence-corrected chi connectivity index (χ3v) is 3.92. The average Bonchev–Trinajstić information content (AvgIpc) is 2.39. The molecule has 5 heteroatoms. The van der Waals surface area contributed by atoms with Crippen LogP contribution in [0.4, 0.5) is 11.4 Å². The molecule has 4 nitrogen and oxygen atoms in total. The van der Waals surface area contributed by atoms with Crippen molar-refractivity contribution in [3.63, 3.8) is 0 Å². The lowest BCUT2D eigenvalue weighted by molar-refractivity contribution is -0.385. The molecule has 20 heavy (non-hydrogen) atoms. The van der Waals surface area contributed by atoms with Gasteiger partial charge in [-0.05, 0) is 37.1 Å². The highest BCUT2D eigenvalue weighted by molar-refractivity contribution is 9.10. The average molecular weight is 335 g/mol. The van der Waals surface area contributed by atoms with Gasteiger partial charge in [-0.3, -0.25) is 10.1 Å². The largest absolute Gasteiger partial charge is 0.381 e. The molecule has 2 aromatic carbocycles. The van der Waals surface area contributed by atoms with Gasteiger partial charge >= 0.3 is 0 Å². The van der Waals surface area contributed by atoms with E-state index in [0.717, 1.165) is 15.7 Å². The SMILES string of the molecule is Cc1ccc(CNc2cccc([N+](=O)[O-])c2C)c(Br)c1. The first-order chi connectivity index (χ1) is 9.49. The third kappa shape index (κ3) is 3.17. The number of nitro groups is 1. The summed E-state index contributed by atoms with van der Waals surface area (Å²) in [6.45, 7) is 4.40. The Morgan fingerprint density at radius 2 is 2.00 bits per heavy atom. The highest BCUT2D eigenvalue weighted by Gasteiger charge is 2.13. The Bertz CT molecular complexity index is 656. The smallest absolute Gasteiger partial charge is 0.274 e. The number of rotatable bonds is 4. The summed E-state index contributed by atoms with van der Waals surface area (Å²) < 4.78 is 1.04. The first-order valence-electron chi connectivity index (χ1n) is 6.22. The van der Waals surface area contributed by atoms with E-state index in [1.54, 1.807) is 13.0 Å². The van der Waals surface area contributed by atoms with Crippen LogP contribution < -0.4 is 5.32 Å². The van der Waals surface area contributed by atoms with E-state index in [1.165, 1.54) is 11.6 Å². The third-order valence-electron chi connectivity index (χ3n) is 3.18. The van der Waals surface area contributed by atoms with Crippen LogP contribution in [0.25, 0.3) is 0 Å². The van der Waals surface area contributed by atoms with Crippen LogP contribution in [0.3, 0.4) is 0 Å². The standard InChI is InChI=1S/C15H15BrN2O2/c1-10-6-7-12(13(16)8-10)9-17-14-4-3-5-15(11(14)2)18(19)20/h3-8,17H,9H2,1-2H3. The minimum atomic E-state index is -0.359. The molecular formula is C15H15BrN2O2. The summed E-state index contributed by atoms with van der Waals surface area (Å²) in [6, 6.07) is 11.2. The molecule has 0 aliphatic carbocycles. The number of anilines is 1. The van der Waals surface area contributed by atoms with E-state index >= 15 is 0 Å². The Labute approximate surface area is 126 Å². The van der Waals surface area contributed by atoms with Crippen LogP contribution >= 0.6 is 15.9 Å². The molecule has 0 aliphatic heterocycles. The molecule has 0 saturated heterocycles. The maximum atomic E-state index is 10.9. The summed E-state index contributed by atoms with van der Waals surface area (Å²) in [4.78, 5) is 10.6. The maximum Gasteiger partial charge on any atom is 0.274 e. The van der Waals surface area contributed by atoms with Crippen LogP contribution in [-0.4, -0.2) is 4.92 Å². The lowest BCUT2D eigenvalue weighted by Crippen LogP contribution is -2.03. The minimum Gasteiger partial charge on any atom is -0.381 e. The van der Waals surface area contributed by atoms with Gasteiger partial charge in [0.25, 0.3) is 5.69 Å². The molecule has 0 spiro atoms. The normalized spacial score (nSPS) is 10.3. The second-order valence-electron chi connectivity index (χ2n) is 4.66. The number of nitrogens with one attached hydrogen (secondary N) is 1. The lowest BCUT2D eigenvalue weighted by Gasteiger charge is -2.11. The Balaban J connectivity index is 2.19. The number of nitrogens with zero attached hydrogens (tertiary/aromatic N) is 1. The fourth-order valence-corrected chi connectivity index (χ4v) is 2.63. The van der Waals surface area contributed by atoms with E-state index in [1.807, 2.05) is 25.1 Å². The van der Waals surface area contributed by atoms with Crippen LogP contribution in [-0.2, 0) is 6.54 Å². The van der Waals surface area contributed by atoms with Gasteiger partial charge in [0.1, 0.15) is 0 Å². The van der Waals surface area contributed by atoms with Crippen molar-refractivity contribution in [2.75, 3.05) is 5.32 Å². The molecule has 0 amide bonds. The van der Waals surface area contributed by atoms with Crippen molar-refractivity contribution in [3.8, 4) is 0 Å². The van der Waals surface area contributed by atoms with E-state index in [2.05, 4.69) is 27.3 Å². The summed E-state index contributed by atoms with van der Waals surface area (Å²) in [7, 11) is 0. The lowest BCUT2D eigenvalue weighted by atomic mass is 10.1. The molecule has 0 saturated carbocycles. The van der Waals surface area contributed by atoms with Crippen molar-refractivity contribution >= 4 is 27.3 Å². The second-order valence-corrected chi connectivity index (χ2v) is 5.51. The molecule has 2 rings (SSSR count). The topological polar surface area (TPSA) is 55.2 Å². The number of benzene rings is 2. The van der Waals surface area contributed by atoms with Gasteiger partial charge < -0.3 is 5.32 Å². The van der Waals surface area contributed by atoms with Crippen molar-refractivity contribution in [1.29, 1.82) is 0 Å². The maximum absolute atomic E-state index is 10.9. The highest BCUT2D eigenvalue weighted by atomic mass is 79.9. The molecule has 0 atom stereocenters. The fourth-order valence-electron chi connectivity index (χ4n) is 2.00. The monoisotopic (exact) mass is 334 g/mol. The number of hydrogen-bond donors (Lipinski definition) is 1. The Hall–Kier alpha value is -1.88. The number of hydrogen-bond acceptors (Lipinski definition) is 3. The summed E-state index contributed by atoms with van der Waals surface area (Å²) in [6.07, 6.45) is 0. The molecule has 1 N–H and O–H groups in total. The van der Waals surface area contributed by atoms with Gasteiger partial charge in [0.2, 0.25) is 0 Å². The summed E-state index contributed by atoms with van der Waals surface area (Å²) >= 11 is 3.53. The number of aryl methyl sites for hydroxylation is 1. The summed E-state index contributed by atoms with van der Waals surface area (Å²) in [5.74, 6) is 0. The number of nitro benzene ring substituents is 1. The number of halogens is 1. The van der Waals surface area contributed by atoms with Crippen molar-refractivity contribution in [3.05, 3.63) is 67.7 Å². The fraction of sp³-hybridized carbons (Fsp3) is 0.200. The first-order valence-corrected chi connectivity index (χ1v) is 7.01. The zero-order chi connectivity index (χ0) is 14.7. The van der Waals surface area contributed by atoms with E-state index in [-0.39, 0.29) is 10.6 Å². The van der Waals surface area contributed by atoms with Crippen LogP contribution in [0.15, 0.2) is 40.9 Å². The Morgan fingerprint density at radius 3 is 2.65 bits per heavy atom. The first kappa shape index (κ1) is 14.5. The summed E-state index contributed by atoms with van der Waals surface area (Å²) in [5.41, 5.74) is 3.87. The molecule has 104 valence electrons. The zero-order valence-corrected chi connectivity index (χ0v) is 12.9.